The van der Waals surface area contributed by atoms with Gasteiger partial charge >= 0.3 is 0 Å². The van der Waals surface area contributed by atoms with E-state index in [0.29, 0.717) is 5.69 Å². The number of hydrogen-bond donors (Lipinski definition) is 3. The molecular formula is C27H27N3O4. The third kappa shape index (κ3) is 6.37. The second-order valence-electron chi connectivity index (χ2n) is 8.11. The Balaban J connectivity index is 1.29. The highest BCUT2D eigenvalue weighted by atomic mass is 16.5. The van der Waals surface area contributed by atoms with Crippen LogP contribution in [0.2, 0.25) is 0 Å². The summed E-state index contributed by atoms with van der Waals surface area (Å²) in [6.07, 6.45) is 5.97. The maximum Gasteiger partial charge on any atom is 0.227 e. The summed E-state index contributed by atoms with van der Waals surface area (Å²) in [7, 11) is 0. The summed E-state index contributed by atoms with van der Waals surface area (Å²) < 4.78 is 5.86. The van der Waals surface area contributed by atoms with Crippen LogP contribution in [0.15, 0.2) is 91.3 Å². The normalized spacial score (nSPS) is 19.4. The molecule has 0 bridgehead atoms. The number of benzene rings is 2. The molecule has 34 heavy (non-hydrogen) atoms. The molecule has 0 unspecified atom stereocenters. The zero-order valence-corrected chi connectivity index (χ0v) is 18.6. The summed E-state index contributed by atoms with van der Waals surface area (Å²) in [5.74, 6) is -0.391. The number of carbonyl (C=O) groups excluding carboxylic acids is 2. The number of aliphatic hydroxyl groups is 1. The monoisotopic (exact) mass is 457 g/mol. The Kier molecular flexibility index (Phi) is 7.80. The van der Waals surface area contributed by atoms with Gasteiger partial charge in [-0.3, -0.25) is 14.6 Å². The number of carbonyl (C=O) groups is 2. The summed E-state index contributed by atoms with van der Waals surface area (Å²) >= 11 is 0. The molecule has 0 saturated heterocycles. The zero-order valence-electron chi connectivity index (χ0n) is 18.6. The van der Waals surface area contributed by atoms with Crippen molar-refractivity contribution in [3.63, 3.8) is 0 Å². The fourth-order valence-electron chi connectivity index (χ4n) is 3.83. The lowest BCUT2D eigenvalue weighted by atomic mass is 10.0. The van der Waals surface area contributed by atoms with Crippen LogP contribution in [0.1, 0.15) is 12.0 Å². The van der Waals surface area contributed by atoms with Gasteiger partial charge in [0.2, 0.25) is 11.8 Å². The number of anilines is 1. The fraction of sp³-hybridized carbons (Fsp3) is 0.222. The molecule has 0 spiro atoms. The van der Waals surface area contributed by atoms with Gasteiger partial charge in [0.05, 0.1) is 31.6 Å². The van der Waals surface area contributed by atoms with Crippen LogP contribution in [0.5, 0.6) is 0 Å². The van der Waals surface area contributed by atoms with E-state index in [9.17, 15) is 14.7 Å². The Morgan fingerprint density at radius 3 is 2.38 bits per heavy atom. The average molecular weight is 458 g/mol. The summed E-state index contributed by atoms with van der Waals surface area (Å²) in [4.78, 5) is 28.9. The van der Waals surface area contributed by atoms with Crippen molar-refractivity contribution in [3.05, 3.63) is 96.8 Å². The molecule has 1 aliphatic heterocycles. The van der Waals surface area contributed by atoms with Gasteiger partial charge in [-0.15, -0.1) is 0 Å². The van der Waals surface area contributed by atoms with Gasteiger partial charge in [0.1, 0.15) is 6.10 Å². The highest BCUT2D eigenvalue weighted by molar-refractivity contribution is 5.91. The number of hydrogen-bond acceptors (Lipinski definition) is 5. The lowest BCUT2D eigenvalue weighted by molar-refractivity contribution is -0.125. The van der Waals surface area contributed by atoms with E-state index in [1.54, 1.807) is 30.6 Å². The van der Waals surface area contributed by atoms with Crippen molar-refractivity contribution in [2.45, 2.75) is 31.1 Å². The minimum absolute atomic E-state index is 0.101. The number of nitrogens with zero attached hydrogens (tertiary/aromatic N) is 1. The van der Waals surface area contributed by atoms with Gasteiger partial charge in [-0.2, -0.15) is 0 Å². The van der Waals surface area contributed by atoms with Gasteiger partial charge in [-0.05, 0) is 34.9 Å². The van der Waals surface area contributed by atoms with Gasteiger partial charge in [-0.1, -0.05) is 60.7 Å². The molecular weight excluding hydrogens is 430 g/mol. The number of aromatic nitrogens is 1. The Bertz CT molecular complexity index is 1120. The largest absolute Gasteiger partial charge is 0.394 e. The van der Waals surface area contributed by atoms with E-state index < -0.39 is 18.2 Å². The second kappa shape index (κ2) is 11.4. The third-order valence-corrected chi connectivity index (χ3v) is 5.54. The Labute approximate surface area is 198 Å². The van der Waals surface area contributed by atoms with Crippen molar-refractivity contribution >= 4 is 17.5 Å². The van der Waals surface area contributed by atoms with Gasteiger partial charge in [0, 0.05) is 18.1 Å². The maximum absolute atomic E-state index is 12.5. The molecule has 3 atom stereocenters. The molecule has 2 amide bonds. The molecule has 7 heteroatoms. The lowest BCUT2D eigenvalue weighted by Gasteiger charge is -2.31. The quantitative estimate of drug-likeness (QED) is 0.451. The van der Waals surface area contributed by atoms with Crippen molar-refractivity contribution in [3.8, 4) is 11.1 Å². The highest BCUT2D eigenvalue weighted by Gasteiger charge is 2.29. The lowest BCUT2D eigenvalue weighted by Crippen LogP contribution is -2.49. The van der Waals surface area contributed by atoms with E-state index >= 15 is 0 Å². The Morgan fingerprint density at radius 1 is 0.912 bits per heavy atom. The number of rotatable bonds is 8. The number of amides is 2. The molecule has 2 aromatic carbocycles. The van der Waals surface area contributed by atoms with Crippen LogP contribution >= 0.6 is 0 Å². The van der Waals surface area contributed by atoms with E-state index in [1.165, 1.54) is 0 Å². The number of nitrogens with one attached hydrogen (secondary N) is 2. The van der Waals surface area contributed by atoms with Gasteiger partial charge in [0.15, 0.2) is 0 Å². The van der Waals surface area contributed by atoms with Crippen LogP contribution in [0, 0.1) is 0 Å². The average Bonchev–Trinajstić information content (AvgIpc) is 2.86. The smallest absolute Gasteiger partial charge is 0.227 e. The molecule has 4 rings (SSSR count). The molecule has 174 valence electrons. The Morgan fingerprint density at radius 2 is 1.68 bits per heavy atom. The minimum Gasteiger partial charge on any atom is -0.394 e. The summed E-state index contributed by atoms with van der Waals surface area (Å²) in [5, 5.41) is 15.5. The first-order chi connectivity index (χ1) is 16.6. The first-order valence-corrected chi connectivity index (χ1v) is 11.2. The molecule has 0 fully saturated rings. The van der Waals surface area contributed by atoms with Crippen LogP contribution in [0.4, 0.5) is 5.69 Å². The number of pyridine rings is 1. The molecule has 7 nitrogen and oxygen atoms in total. The predicted octanol–water partition coefficient (Wildman–Crippen LogP) is 3.12. The molecule has 1 aliphatic rings. The third-order valence-electron chi connectivity index (χ3n) is 5.54. The van der Waals surface area contributed by atoms with Crippen LogP contribution in [0.3, 0.4) is 0 Å². The summed E-state index contributed by atoms with van der Waals surface area (Å²) in [6.45, 7) is -0.277. The molecule has 1 aromatic heterocycles. The molecule has 3 N–H and O–H groups in total. The molecule has 0 aliphatic carbocycles. The topological polar surface area (TPSA) is 101 Å². The molecule has 2 heterocycles. The number of aliphatic hydroxyl groups excluding tert-OH is 1. The van der Waals surface area contributed by atoms with Gasteiger partial charge < -0.3 is 20.5 Å². The fourth-order valence-corrected chi connectivity index (χ4v) is 3.83. The van der Waals surface area contributed by atoms with Gasteiger partial charge in [-0.25, -0.2) is 0 Å². The first kappa shape index (κ1) is 23.4. The van der Waals surface area contributed by atoms with E-state index in [-0.39, 0.29) is 31.3 Å². The van der Waals surface area contributed by atoms with Crippen LogP contribution in [-0.2, 0) is 20.7 Å². The van der Waals surface area contributed by atoms with Gasteiger partial charge in [0.25, 0.3) is 0 Å². The number of ether oxygens (including phenoxy) is 1. The van der Waals surface area contributed by atoms with Crippen molar-refractivity contribution in [1.29, 1.82) is 0 Å². The maximum atomic E-state index is 12.5. The summed E-state index contributed by atoms with van der Waals surface area (Å²) in [5.41, 5.74) is 3.68. The minimum atomic E-state index is -0.634. The molecule has 0 radical (unpaired) electrons. The zero-order chi connectivity index (χ0) is 23.8. The van der Waals surface area contributed by atoms with E-state index in [2.05, 4.69) is 15.6 Å². The van der Waals surface area contributed by atoms with Crippen LogP contribution in [0.25, 0.3) is 11.1 Å². The Hall–Kier alpha value is -3.81. The predicted molar refractivity (Wildman–Crippen MR) is 130 cm³/mol. The second-order valence-corrected chi connectivity index (χ2v) is 8.11. The van der Waals surface area contributed by atoms with Crippen molar-refractivity contribution in [2.75, 3.05) is 11.9 Å². The highest BCUT2D eigenvalue weighted by Crippen LogP contribution is 2.22. The van der Waals surface area contributed by atoms with Crippen molar-refractivity contribution in [2.24, 2.45) is 0 Å². The van der Waals surface area contributed by atoms with E-state index in [1.807, 2.05) is 60.7 Å². The molecule has 0 saturated carbocycles. The SMILES string of the molecule is O=C(C[C@@H]1C=C[C@@H](NC(=O)Cc2cccnc2)[C@H](CO)O1)Nc1ccc(-c2ccccc2)cc1. The van der Waals surface area contributed by atoms with Crippen molar-refractivity contribution < 1.29 is 19.4 Å². The first-order valence-electron chi connectivity index (χ1n) is 11.2. The van der Waals surface area contributed by atoms with Crippen LogP contribution in [-0.4, -0.2) is 46.8 Å². The van der Waals surface area contributed by atoms with Crippen molar-refractivity contribution in [1.82, 2.24) is 10.3 Å². The molecule has 3 aromatic rings. The van der Waals surface area contributed by atoms with E-state index in [0.717, 1.165) is 16.7 Å². The van der Waals surface area contributed by atoms with Crippen LogP contribution < -0.4 is 10.6 Å². The van der Waals surface area contributed by atoms with E-state index in [4.69, 9.17) is 4.74 Å². The summed E-state index contributed by atoms with van der Waals surface area (Å²) in [6, 6.07) is 20.8. The standard InChI is InChI=1S/C27H27N3O4/c31-18-25-24(30-26(32)15-19-5-4-14-28-17-19)13-12-23(34-25)16-27(33)29-22-10-8-21(9-11-22)20-6-2-1-3-7-20/h1-14,17,23-25,31H,15-16,18H2,(H,29,33)(H,30,32)/t23-,24+,25-/m0/s1.